The second kappa shape index (κ2) is 30.0. The van der Waals surface area contributed by atoms with Crippen LogP contribution in [0.4, 0.5) is 0 Å². The Balaban J connectivity index is 3.23. The molecule has 0 radical (unpaired) electrons. The Kier molecular flexibility index (Phi) is 29.1. The van der Waals surface area contributed by atoms with E-state index >= 15 is 0 Å². The molecule has 0 N–H and O–H groups in total. The molecule has 0 fully saturated rings. The van der Waals surface area contributed by atoms with Gasteiger partial charge in [-0.15, -0.1) is 0 Å². The van der Waals surface area contributed by atoms with E-state index in [1.807, 2.05) is 0 Å². The van der Waals surface area contributed by atoms with Gasteiger partial charge in [0.2, 0.25) is 0 Å². The maximum Gasteiger partial charge on any atom is 0.305 e. The molecular formula is C32H60O2. The lowest BCUT2D eigenvalue weighted by molar-refractivity contribution is -0.143. The summed E-state index contributed by atoms with van der Waals surface area (Å²) in [7, 11) is 0. The van der Waals surface area contributed by atoms with Crippen LogP contribution in [0.25, 0.3) is 0 Å². The standard InChI is InChI=1S/C32H60O2/c1-3-5-7-9-11-13-15-16-17-18-19-21-23-25-27-29-31-34-32(33)30-28-26-24-22-20-14-12-10-8-6-4-2/h11,13,16-17H,3-10,12,14-15,18-31H2,1-2H3/b13-11+,17-16+. The molecule has 0 amide bonds. The molecule has 2 nitrogen and oxygen atoms in total. The average Bonchev–Trinajstić information content (AvgIpc) is 2.84. The summed E-state index contributed by atoms with van der Waals surface area (Å²) in [5, 5.41) is 0. The van der Waals surface area contributed by atoms with Crippen molar-refractivity contribution in [2.75, 3.05) is 6.61 Å². The third-order valence-corrected chi connectivity index (χ3v) is 6.59. The van der Waals surface area contributed by atoms with Crippen molar-refractivity contribution >= 4 is 5.97 Å². The molecule has 0 aromatic rings. The summed E-state index contributed by atoms with van der Waals surface area (Å²) in [4.78, 5) is 11.8. The van der Waals surface area contributed by atoms with Gasteiger partial charge in [-0.05, 0) is 44.9 Å². The molecule has 200 valence electrons. The van der Waals surface area contributed by atoms with Gasteiger partial charge in [0.15, 0.2) is 0 Å². The molecule has 0 bridgehead atoms. The summed E-state index contributed by atoms with van der Waals surface area (Å²) in [6, 6.07) is 0. The maximum atomic E-state index is 11.8. The topological polar surface area (TPSA) is 26.3 Å². The van der Waals surface area contributed by atoms with Crippen LogP contribution in [-0.2, 0) is 9.53 Å². The lowest BCUT2D eigenvalue weighted by Crippen LogP contribution is -2.05. The minimum absolute atomic E-state index is 0.0125. The minimum atomic E-state index is 0.0125. The van der Waals surface area contributed by atoms with Crippen molar-refractivity contribution in [2.24, 2.45) is 0 Å². The second-order valence-electron chi connectivity index (χ2n) is 10.1. The van der Waals surface area contributed by atoms with Crippen LogP contribution in [0.5, 0.6) is 0 Å². The van der Waals surface area contributed by atoms with Crippen LogP contribution in [-0.4, -0.2) is 12.6 Å². The third-order valence-electron chi connectivity index (χ3n) is 6.59. The molecule has 0 aromatic heterocycles. The van der Waals surface area contributed by atoms with Crippen LogP contribution in [0, 0.1) is 0 Å². The van der Waals surface area contributed by atoms with Crippen molar-refractivity contribution in [3.05, 3.63) is 24.3 Å². The van der Waals surface area contributed by atoms with Gasteiger partial charge in [0, 0.05) is 6.42 Å². The third kappa shape index (κ3) is 29.0. The zero-order valence-corrected chi connectivity index (χ0v) is 23.3. The van der Waals surface area contributed by atoms with E-state index in [0.29, 0.717) is 13.0 Å². The largest absolute Gasteiger partial charge is 0.466 e. The zero-order valence-electron chi connectivity index (χ0n) is 23.3. The fourth-order valence-corrected chi connectivity index (χ4v) is 4.28. The molecule has 0 aliphatic carbocycles. The Hall–Kier alpha value is -1.05. The number of allylic oxidation sites excluding steroid dienone is 4. The highest BCUT2D eigenvalue weighted by Gasteiger charge is 2.02. The summed E-state index contributed by atoms with van der Waals surface area (Å²) in [5.74, 6) is 0.0125. The monoisotopic (exact) mass is 476 g/mol. The Morgan fingerprint density at radius 2 is 0.912 bits per heavy atom. The first-order chi connectivity index (χ1) is 16.8. The van der Waals surface area contributed by atoms with Crippen molar-refractivity contribution in [3.63, 3.8) is 0 Å². The fourth-order valence-electron chi connectivity index (χ4n) is 4.28. The Morgan fingerprint density at radius 3 is 1.47 bits per heavy atom. The molecule has 0 spiro atoms. The molecule has 0 aromatic carbocycles. The van der Waals surface area contributed by atoms with E-state index < -0.39 is 0 Å². The Morgan fingerprint density at radius 1 is 0.500 bits per heavy atom. The Labute approximate surface area is 214 Å². The molecule has 0 unspecified atom stereocenters. The normalized spacial score (nSPS) is 11.7. The Bertz CT molecular complexity index is 452. The first-order valence-electron chi connectivity index (χ1n) is 15.3. The van der Waals surface area contributed by atoms with E-state index in [1.165, 1.54) is 128 Å². The maximum absolute atomic E-state index is 11.8. The first-order valence-corrected chi connectivity index (χ1v) is 15.3. The molecule has 0 aliphatic rings. The van der Waals surface area contributed by atoms with Crippen molar-refractivity contribution in [2.45, 2.75) is 168 Å². The molecule has 34 heavy (non-hydrogen) atoms. The SMILES string of the molecule is CCCCC/C=C/C/C=C/CCCCCCCCOC(=O)CCCCCCCCCCCCC. The summed E-state index contributed by atoms with van der Waals surface area (Å²) in [6.45, 7) is 5.14. The summed E-state index contributed by atoms with van der Waals surface area (Å²) < 4.78 is 5.40. The first kappa shape index (κ1) is 33.0. The quantitative estimate of drug-likeness (QED) is 0.0669. The van der Waals surface area contributed by atoms with E-state index in [-0.39, 0.29) is 5.97 Å². The molecule has 0 rings (SSSR count). The molecule has 2 heteroatoms. The van der Waals surface area contributed by atoms with E-state index in [1.54, 1.807) is 0 Å². The molecule has 0 saturated heterocycles. The second-order valence-corrected chi connectivity index (χ2v) is 10.1. The van der Waals surface area contributed by atoms with E-state index in [2.05, 4.69) is 38.2 Å². The molecule has 0 atom stereocenters. The van der Waals surface area contributed by atoms with Crippen LogP contribution in [0.1, 0.15) is 168 Å². The minimum Gasteiger partial charge on any atom is -0.466 e. The number of rotatable bonds is 27. The smallest absolute Gasteiger partial charge is 0.305 e. The van der Waals surface area contributed by atoms with Crippen molar-refractivity contribution in [3.8, 4) is 0 Å². The van der Waals surface area contributed by atoms with Gasteiger partial charge in [0.25, 0.3) is 0 Å². The van der Waals surface area contributed by atoms with Gasteiger partial charge in [-0.1, -0.05) is 141 Å². The van der Waals surface area contributed by atoms with Gasteiger partial charge < -0.3 is 4.74 Å². The highest BCUT2D eigenvalue weighted by molar-refractivity contribution is 5.69. The van der Waals surface area contributed by atoms with Crippen molar-refractivity contribution in [1.29, 1.82) is 0 Å². The number of carbonyl (C=O) groups is 1. The summed E-state index contributed by atoms with van der Waals surface area (Å²) >= 11 is 0. The lowest BCUT2D eigenvalue weighted by Gasteiger charge is -2.05. The van der Waals surface area contributed by atoms with Crippen LogP contribution in [0.15, 0.2) is 24.3 Å². The van der Waals surface area contributed by atoms with Gasteiger partial charge in [0.1, 0.15) is 0 Å². The van der Waals surface area contributed by atoms with Gasteiger partial charge in [-0.3, -0.25) is 4.79 Å². The number of carbonyl (C=O) groups excluding carboxylic acids is 1. The average molecular weight is 477 g/mol. The number of unbranched alkanes of at least 4 members (excludes halogenated alkanes) is 19. The molecular weight excluding hydrogens is 416 g/mol. The summed E-state index contributed by atoms with van der Waals surface area (Å²) in [6.07, 6.45) is 39.3. The van der Waals surface area contributed by atoms with Crippen LogP contribution in [0.3, 0.4) is 0 Å². The molecule has 0 heterocycles. The van der Waals surface area contributed by atoms with E-state index in [4.69, 9.17) is 4.74 Å². The zero-order chi connectivity index (χ0) is 24.8. The summed E-state index contributed by atoms with van der Waals surface area (Å²) in [5.41, 5.74) is 0. The van der Waals surface area contributed by atoms with Gasteiger partial charge in [-0.25, -0.2) is 0 Å². The number of hydrogen-bond donors (Lipinski definition) is 0. The molecule has 0 saturated carbocycles. The van der Waals surface area contributed by atoms with Gasteiger partial charge >= 0.3 is 5.97 Å². The van der Waals surface area contributed by atoms with Crippen LogP contribution >= 0.6 is 0 Å². The predicted octanol–water partition coefficient (Wildman–Crippen LogP) is 11.0. The predicted molar refractivity (Wildman–Crippen MR) is 151 cm³/mol. The fraction of sp³-hybridized carbons (Fsp3) is 0.844. The van der Waals surface area contributed by atoms with Gasteiger partial charge in [0.05, 0.1) is 6.61 Å². The number of ether oxygens (including phenoxy) is 1. The number of hydrogen-bond acceptors (Lipinski definition) is 2. The van der Waals surface area contributed by atoms with E-state index in [0.717, 1.165) is 19.3 Å². The van der Waals surface area contributed by atoms with E-state index in [9.17, 15) is 4.79 Å². The van der Waals surface area contributed by atoms with Gasteiger partial charge in [-0.2, -0.15) is 0 Å². The highest BCUT2D eigenvalue weighted by Crippen LogP contribution is 2.12. The number of esters is 1. The van der Waals surface area contributed by atoms with Crippen molar-refractivity contribution < 1.29 is 9.53 Å². The van der Waals surface area contributed by atoms with Crippen molar-refractivity contribution in [1.82, 2.24) is 0 Å². The lowest BCUT2D eigenvalue weighted by atomic mass is 10.1. The van der Waals surface area contributed by atoms with Crippen LogP contribution < -0.4 is 0 Å². The molecule has 0 aliphatic heterocycles. The highest BCUT2D eigenvalue weighted by atomic mass is 16.5. The van der Waals surface area contributed by atoms with Crippen LogP contribution in [0.2, 0.25) is 0 Å².